The number of ether oxygens (including phenoxy) is 2. The van der Waals surface area contributed by atoms with Gasteiger partial charge in [0.2, 0.25) is 0 Å². The Balaban J connectivity index is 4.37. The van der Waals surface area contributed by atoms with Gasteiger partial charge >= 0.3 is 11.9 Å². The molecule has 19 heavy (non-hydrogen) atoms. The maximum atomic E-state index is 11.6. The number of carbonyl (C=O) groups is 2. The Hall–Kier alpha value is -1.58. The van der Waals surface area contributed by atoms with Crippen LogP contribution in [0, 0.1) is 11.8 Å². The normalized spacial score (nSPS) is 11.6. The van der Waals surface area contributed by atoms with E-state index in [4.69, 9.17) is 9.47 Å². The van der Waals surface area contributed by atoms with Crippen LogP contribution >= 0.6 is 0 Å². The van der Waals surface area contributed by atoms with Gasteiger partial charge in [-0.2, -0.15) is 0 Å². The monoisotopic (exact) mass is 268 g/mol. The highest BCUT2D eigenvalue weighted by Crippen LogP contribution is 2.07. The molecule has 4 nitrogen and oxygen atoms in total. The Morgan fingerprint density at radius 1 is 1.00 bits per heavy atom. The highest BCUT2D eigenvalue weighted by molar-refractivity contribution is 5.95. The third kappa shape index (κ3) is 8.19. The van der Waals surface area contributed by atoms with Gasteiger partial charge in [0, 0.05) is 5.57 Å². The highest BCUT2D eigenvalue weighted by Gasteiger charge is 2.11. The molecule has 0 aromatic carbocycles. The number of hydrogen-bond acceptors (Lipinski definition) is 4. The van der Waals surface area contributed by atoms with Gasteiger partial charge in [-0.25, -0.2) is 9.59 Å². The molecule has 0 amide bonds. The minimum atomic E-state index is -0.510. The van der Waals surface area contributed by atoms with Gasteiger partial charge in [-0.15, -0.1) is 0 Å². The van der Waals surface area contributed by atoms with Crippen molar-refractivity contribution in [3.05, 3.63) is 23.8 Å². The van der Waals surface area contributed by atoms with Crippen molar-refractivity contribution in [2.24, 2.45) is 11.8 Å². The zero-order valence-corrected chi connectivity index (χ0v) is 12.5. The fourth-order valence-corrected chi connectivity index (χ4v) is 1.07. The zero-order chi connectivity index (χ0) is 15.0. The summed E-state index contributed by atoms with van der Waals surface area (Å²) >= 11 is 0. The van der Waals surface area contributed by atoms with Crippen molar-refractivity contribution >= 4 is 11.9 Å². The van der Waals surface area contributed by atoms with Gasteiger partial charge in [-0.1, -0.05) is 34.3 Å². The van der Waals surface area contributed by atoms with Gasteiger partial charge in [0.25, 0.3) is 0 Å². The minimum absolute atomic E-state index is 0.152. The third-order valence-corrected chi connectivity index (χ3v) is 2.07. The van der Waals surface area contributed by atoms with E-state index in [0.29, 0.717) is 18.8 Å². The molecule has 0 aliphatic rings. The second-order valence-electron chi connectivity index (χ2n) is 5.34. The van der Waals surface area contributed by atoms with E-state index in [2.05, 4.69) is 6.58 Å². The number of esters is 2. The van der Waals surface area contributed by atoms with E-state index in [1.807, 2.05) is 27.7 Å². The summed E-state index contributed by atoms with van der Waals surface area (Å²) < 4.78 is 10.1. The molecule has 0 atom stereocenters. The van der Waals surface area contributed by atoms with Crippen LogP contribution in [-0.2, 0) is 19.1 Å². The summed E-state index contributed by atoms with van der Waals surface area (Å²) in [5.74, 6) is -0.412. The van der Waals surface area contributed by atoms with Crippen LogP contribution in [0.5, 0.6) is 0 Å². The second kappa shape index (κ2) is 8.51. The Morgan fingerprint density at radius 2 is 1.42 bits per heavy atom. The van der Waals surface area contributed by atoms with Crippen molar-refractivity contribution in [3.63, 3.8) is 0 Å². The average molecular weight is 268 g/mol. The van der Waals surface area contributed by atoms with Crippen LogP contribution in [0.25, 0.3) is 0 Å². The number of hydrogen-bond donors (Lipinski definition) is 0. The third-order valence-electron chi connectivity index (χ3n) is 2.07. The van der Waals surface area contributed by atoms with Crippen LogP contribution in [0.2, 0.25) is 0 Å². The van der Waals surface area contributed by atoms with Crippen molar-refractivity contribution < 1.29 is 19.1 Å². The van der Waals surface area contributed by atoms with E-state index in [1.165, 1.54) is 6.08 Å². The summed E-state index contributed by atoms with van der Waals surface area (Å²) in [6.07, 6.45) is 1.39. The van der Waals surface area contributed by atoms with Crippen LogP contribution < -0.4 is 0 Å². The molecular formula is C15H24O4. The summed E-state index contributed by atoms with van der Waals surface area (Å²) in [6.45, 7) is 13.7. The molecule has 0 heterocycles. The first kappa shape index (κ1) is 17.4. The molecule has 0 saturated heterocycles. The smallest absolute Gasteiger partial charge is 0.337 e. The summed E-state index contributed by atoms with van der Waals surface area (Å²) in [4.78, 5) is 23.1. The Morgan fingerprint density at radius 3 is 1.84 bits per heavy atom. The first-order chi connectivity index (χ1) is 8.73. The molecule has 108 valence electrons. The van der Waals surface area contributed by atoms with E-state index in [0.717, 1.165) is 0 Å². The lowest BCUT2D eigenvalue weighted by atomic mass is 10.2. The molecule has 0 aliphatic carbocycles. The summed E-state index contributed by atoms with van der Waals surface area (Å²) in [7, 11) is 0. The van der Waals surface area contributed by atoms with E-state index in [9.17, 15) is 9.59 Å². The fraction of sp³-hybridized carbons (Fsp3) is 0.600. The highest BCUT2D eigenvalue weighted by atomic mass is 16.5. The van der Waals surface area contributed by atoms with Crippen LogP contribution in [-0.4, -0.2) is 25.2 Å². The number of rotatable bonds is 7. The SMILES string of the molecule is C=C(/C=C(\C)C(=O)OCC(C)C)C(=O)OCC(C)C. The molecule has 0 N–H and O–H groups in total. The van der Waals surface area contributed by atoms with Crippen molar-refractivity contribution in [2.45, 2.75) is 34.6 Å². The molecule has 0 radical (unpaired) electrons. The molecule has 0 unspecified atom stereocenters. The standard InChI is InChI=1S/C15H24O4/c1-10(2)8-18-14(16)12(5)7-13(6)15(17)19-9-11(3)4/h7,10-11H,5,8-9H2,1-4,6H3/b13-7+. The molecular weight excluding hydrogens is 244 g/mol. The maximum absolute atomic E-state index is 11.6. The quantitative estimate of drug-likeness (QED) is 0.405. The predicted molar refractivity (Wildman–Crippen MR) is 74.5 cm³/mol. The lowest BCUT2D eigenvalue weighted by Gasteiger charge is -2.09. The average Bonchev–Trinajstić information content (AvgIpc) is 2.32. The van der Waals surface area contributed by atoms with Gasteiger partial charge in [-0.05, 0) is 24.8 Å². The first-order valence-corrected chi connectivity index (χ1v) is 6.45. The van der Waals surface area contributed by atoms with Crippen molar-refractivity contribution in [2.75, 3.05) is 13.2 Å². The molecule has 0 spiro atoms. The number of carbonyl (C=O) groups excluding carboxylic acids is 2. The van der Waals surface area contributed by atoms with Gasteiger partial charge in [0.15, 0.2) is 0 Å². The summed E-state index contributed by atoms with van der Waals surface area (Å²) in [6, 6.07) is 0. The minimum Gasteiger partial charge on any atom is -0.462 e. The second-order valence-corrected chi connectivity index (χ2v) is 5.34. The van der Waals surface area contributed by atoms with Crippen LogP contribution in [0.3, 0.4) is 0 Å². The molecule has 0 aromatic rings. The summed E-state index contributed by atoms with van der Waals surface area (Å²) in [5, 5.41) is 0. The predicted octanol–water partition coefficient (Wildman–Crippen LogP) is 2.89. The lowest BCUT2D eigenvalue weighted by molar-refractivity contribution is -0.140. The first-order valence-electron chi connectivity index (χ1n) is 6.45. The van der Waals surface area contributed by atoms with Crippen LogP contribution in [0.4, 0.5) is 0 Å². The van der Waals surface area contributed by atoms with E-state index in [1.54, 1.807) is 6.92 Å². The molecule has 0 fully saturated rings. The lowest BCUT2D eigenvalue weighted by Crippen LogP contribution is -2.13. The van der Waals surface area contributed by atoms with Gasteiger partial charge in [0.05, 0.1) is 18.8 Å². The molecule has 4 heteroatoms. The largest absolute Gasteiger partial charge is 0.462 e. The van der Waals surface area contributed by atoms with Gasteiger partial charge in [-0.3, -0.25) is 0 Å². The van der Waals surface area contributed by atoms with Crippen molar-refractivity contribution in [1.82, 2.24) is 0 Å². The Labute approximate surface area is 115 Å². The van der Waals surface area contributed by atoms with Crippen molar-refractivity contribution in [3.8, 4) is 0 Å². The summed E-state index contributed by atoms with van der Waals surface area (Å²) in [5.41, 5.74) is 0.492. The topological polar surface area (TPSA) is 52.6 Å². The fourth-order valence-electron chi connectivity index (χ4n) is 1.07. The molecule has 0 aromatic heterocycles. The van der Waals surface area contributed by atoms with E-state index < -0.39 is 11.9 Å². The van der Waals surface area contributed by atoms with Gasteiger partial charge in [0.1, 0.15) is 0 Å². The maximum Gasteiger partial charge on any atom is 0.337 e. The van der Waals surface area contributed by atoms with E-state index in [-0.39, 0.29) is 17.4 Å². The van der Waals surface area contributed by atoms with Gasteiger partial charge < -0.3 is 9.47 Å². The Kier molecular flexibility index (Phi) is 7.80. The molecule has 0 bridgehead atoms. The molecule has 0 rings (SSSR count). The molecule has 0 aliphatic heterocycles. The zero-order valence-electron chi connectivity index (χ0n) is 12.5. The van der Waals surface area contributed by atoms with Crippen LogP contribution in [0.15, 0.2) is 23.8 Å². The molecule has 0 saturated carbocycles. The Bertz CT molecular complexity index is 364. The van der Waals surface area contributed by atoms with Crippen LogP contribution in [0.1, 0.15) is 34.6 Å². The van der Waals surface area contributed by atoms with E-state index >= 15 is 0 Å². The van der Waals surface area contributed by atoms with Crippen molar-refractivity contribution in [1.29, 1.82) is 0 Å².